The Hall–Kier alpha value is -1.47. The van der Waals surface area contributed by atoms with Gasteiger partial charge in [-0.1, -0.05) is 11.6 Å². The Balaban J connectivity index is 2.20. The van der Waals surface area contributed by atoms with Gasteiger partial charge in [0.1, 0.15) is 0 Å². The van der Waals surface area contributed by atoms with Crippen molar-refractivity contribution >= 4 is 22.6 Å². The lowest BCUT2D eigenvalue weighted by Crippen LogP contribution is -2.33. The normalized spacial score (nSPS) is 17.5. The number of alkyl halides is 3. The summed E-state index contributed by atoms with van der Waals surface area (Å²) in [6, 6.07) is 2.02. The fourth-order valence-electron chi connectivity index (χ4n) is 2.79. The van der Waals surface area contributed by atoms with Crippen LogP contribution in [0, 0.1) is 0 Å². The van der Waals surface area contributed by atoms with Crippen LogP contribution in [0.4, 0.5) is 13.2 Å². The Bertz CT molecular complexity index is 729. The second kappa shape index (κ2) is 5.06. The summed E-state index contributed by atoms with van der Waals surface area (Å²) in [6.45, 7) is 1.48. The van der Waals surface area contributed by atoms with Crippen LogP contribution in [0.15, 0.2) is 16.9 Å². The van der Waals surface area contributed by atoms with Crippen molar-refractivity contribution in [2.24, 2.45) is 0 Å². The van der Waals surface area contributed by atoms with Crippen molar-refractivity contribution in [1.29, 1.82) is 0 Å². The van der Waals surface area contributed by atoms with Crippen molar-refractivity contribution in [3.05, 3.63) is 33.2 Å². The van der Waals surface area contributed by atoms with E-state index in [4.69, 9.17) is 11.6 Å². The lowest BCUT2D eigenvalue weighted by atomic mass is 10.1. The van der Waals surface area contributed by atoms with E-state index in [-0.39, 0.29) is 11.6 Å². The number of imidazole rings is 1. The van der Waals surface area contributed by atoms with Crippen LogP contribution in [0.25, 0.3) is 11.0 Å². The van der Waals surface area contributed by atoms with Crippen LogP contribution in [0.5, 0.6) is 0 Å². The largest absolute Gasteiger partial charge is 0.417 e. The lowest BCUT2D eigenvalue weighted by Gasteiger charge is -2.24. The van der Waals surface area contributed by atoms with E-state index in [2.05, 4.69) is 10.3 Å². The topological polar surface area (TPSA) is 49.8 Å². The molecule has 21 heavy (non-hydrogen) atoms. The van der Waals surface area contributed by atoms with E-state index in [0.29, 0.717) is 18.4 Å². The molecule has 1 aromatic heterocycles. The van der Waals surface area contributed by atoms with Crippen LogP contribution < -0.4 is 11.0 Å². The van der Waals surface area contributed by atoms with Crippen molar-refractivity contribution in [1.82, 2.24) is 14.9 Å². The third kappa shape index (κ3) is 2.55. The molecule has 1 aromatic carbocycles. The molecular weight excluding hydrogens is 307 g/mol. The summed E-state index contributed by atoms with van der Waals surface area (Å²) in [5.74, 6) is 0. The Morgan fingerprint density at radius 2 is 1.90 bits per heavy atom. The van der Waals surface area contributed by atoms with Gasteiger partial charge >= 0.3 is 11.9 Å². The fourth-order valence-corrected chi connectivity index (χ4v) is 3.06. The average molecular weight is 320 g/mol. The average Bonchev–Trinajstić information content (AvgIpc) is 2.72. The molecular formula is C13H13ClF3N3O. The molecule has 0 spiro atoms. The Kier molecular flexibility index (Phi) is 3.49. The molecule has 1 aliphatic heterocycles. The van der Waals surface area contributed by atoms with Gasteiger partial charge < -0.3 is 10.3 Å². The van der Waals surface area contributed by atoms with Gasteiger partial charge in [-0.25, -0.2) is 4.79 Å². The van der Waals surface area contributed by atoms with Gasteiger partial charge in [0.2, 0.25) is 0 Å². The van der Waals surface area contributed by atoms with Gasteiger partial charge in [-0.15, -0.1) is 0 Å². The molecule has 114 valence electrons. The van der Waals surface area contributed by atoms with Crippen LogP contribution in [-0.4, -0.2) is 22.6 Å². The number of benzene rings is 1. The number of halogens is 4. The smallest absolute Gasteiger partial charge is 0.317 e. The molecule has 0 unspecified atom stereocenters. The van der Waals surface area contributed by atoms with E-state index >= 15 is 0 Å². The molecule has 2 heterocycles. The van der Waals surface area contributed by atoms with Crippen LogP contribution in [0.2, 0.25) is 5.02 Å². The molecule has 0 aliphatic carbocycles. The molecule has 2 aromatic rings. The Morgan fingerprint density at radius 3 is 2.52 bits per heavy atom. The van der Waals surface area contributed by atoms with Gasteiger partial charge in [0.05, 0.1) is 21.6 Å². The maximum Gasteiger partial charge on any atom is 0.417 e. The number of rotatable bonds is 1. The predicted octanol–water partition coefficient (Wildman–Crippen LogP) is 2.93. The SMILES string of the molecule is O=c1[nH]c2cc(Cl)c(C(F)(F)F)cc2n1C1CCNCC1. The Morgan fingerprint density at radius 1 is 1.24 bits per heavy atom. The molecule has 2 N–H and O–H groups in total. The highest BCUT2D eigenvalue weighted by Crippen LogP contribution is 2.37. The second-order valence-electron chi connectivity index (χ2n) is 5.13. The maximum atomic E-state index is 13.0. The Labute approximate surface area is 122 Å². The molecule has 4 nitrogen and oxygen atoms in total. The zero-order valence-electron chi connectivity index (χ0n) is 10.9. The van der Waals surface area contributed by atoms with Crippen LogP contribution in [-0.2, 0) is 6.18 Å². The third-order valence-electron chi connectivity index (χ3n) is 3.78. The molecule has 1 fully saturated rings. The highest BCUT2D eigenvalue weighted by molar-refractivity contribution is 6.32. The zero-order chi connectivity index (χ0) is 15.2. The van der Waals surface area contributed by atoms with Crippen molar-refractivity contribution < 1.29 is 13.2 Å². The monoisotopic (exact) mass is 319 g/mol. The first-order chi connectivity index (χ1) is 9.88. The standard InChI is InChI=1S/C13H13ClF3N3O/c14-9-6-10-11(5-8(9)13(15,16)17)20(12(21)19-10)7-1-3-18-4-2-7/h5-7,18H,1-4H2,(H,19,21). The van der Waals surface area contributed by atoms with Gasteiger partial charge in [-0.3, -0.25) is 4.57 Å². The third-order valence-corrected chi connectivity index (χ3v) is 4.10. The summed E-state index contributed by atoms with van der Waals surface area (Å²) in [5, 5.41) is 2.75. The summed E-state index contributed by atoms with van der Waals surface area (Å²) in [6.07, 6.45) is -3.13. The number of piperidine rings is 1. The van der Waals surface area contributed by atoms with Crippen LogP contribution in [0.3, 0.4) is 0 Å². The van der Waals surface area contributed by atoms with E-state index < -0.39 is 22.5 Å². The van der Waals surface area contributed by atoms with Gasteiger partial charge in [-0.05, 0) is 38.1 Å². The minimum Gasteiger partial charge on any atom is -0.317 e. The van der Waals surface area contributed by atoms with Crippen molar-refractivity contribution in [2.75, 3.05) is 13.1 Å². The number of nitrogens with zero attached hydrogens (tertiary/aromatic N) is 1. The van der Waals surface area contributed by atoms with E-state index in [9.17, 15) is 18.0 Å². The first-order valence-electron chi connectivity index (χ1n) is 6.59. The second-order valence-corrected chi connectivity index (χ2v) is 5.54. The number of nitrogens with one attached hydrogen (secondary N) is 2. The van der Waals surface area contributed by atoms with Crippen molar-refractivity contribution in [2.45, 2.75) is 25.1 Å². The van der Waals surface area contributed by atoms with Crippen molar-refractivity contribution in [3.8, 4) is 0 Å². The molecule has 0 bridgehead atoms. The number of H-pyrrole nitrogens is 1. The summed E-state index contributed by atoms with van der Waals surface area (Å²) >= 11 is 5.67. The van der Waals surface area contributed by atoms with Gasteiger partial charge in [-0.2, -0.15) is 13.2 Å². The highest BCUT2D eigenvalue weighted by Gasteiger charge is 2.34. The first kappa shape index (κ1) is 14.5. The highest BCUT2D eigenvalue weighted by atomic mass is 35.5. The molecule has 8 heteroatoms. The van der Waals surface area contributed by atoms with E-state index in [1.54, 1.807) is 0 Å². The lowest BCUT2D eigenvalue weighted by molar-refractivity contribution is -0.137. The van der Waals surface area contributed by atoms with E-state index in [1.807, 2.05) is 0 Å². The van der Waals surface area contributed by atoms with E-state index in [0.717, 1.165) is 19.2 Å². The van der Waals surface area contributed by atoms with Gasteiger partial charge in [0.15, 0.2) is 0 Å². The summed E-state index contributed by atoms with van der Waals surface area (Å²) in [4.78, 5) is 14.7. The van der Waals surface area contributed by atoms with Crippen LogP contribution >= 0.6 is 11.6 Å². The van der Waals surface area contributed by atoms with Crippen molar-refractivity contribution in [3.63, 3.8) is 0 Å². The summed E-state index contributed by atoms with van der Waals surface area (Å²) in [7, 11) is 0. The molecule has 0 radical (unpaired) electrons. The minimum absolute atomic E-state index is 0.102. The number of aromatic nitrogens is 2. The van der Waals surface area contributed by atoms with E-state index in [1.165, 1.54) is 10.6 Å². The zero-order valence-corrected chi connectivity index (χ0v) is 11.7. The molecule has 0 saturated carbocycles. The quantitative estimate of drug-likeness (QED) is 0.849. The predicted molar refractivity (Wildman–Crippen MR) is 73.7 cm³/mol. The van der Waals surface area contributed by atoms with Gasteiger partial charge in [0, 0.05) is 6.04 Å². The first-order valence-corrected chi connectivity index (χ1v) is 6.97. The fraction of sp³-hybridized carbons (Fsp3) is 0.462. The number of fused-ring (bicyclic) bond motifs is 1. The number of hydrogen-bond donors (Lipinski definition) is 2. The van der Waals surface area contributed by atoms with Gasteiger partial charge in [0.25, 0.3) is 0 Å². The molecule has 1 saturated heterocycles. The van der Waals surface area contributed by atoms with Crippen LogP contribution in [0.1, 0.15) is 24.4 Å². The molecule has 0 amide bonds. The minimum atomic E-state index is -4.54. The number of hydrogen-bond acceptors (Lipinski definition) is 2. The molecule has 3 rings (SSSR count). The molecule has 1 aliphatic rings. The molecule has 0 atom stereocenters. The summed E-state index contributed by atoms with van der Waals surface area (Å²) in [5.41, 5.74) is -0.731. The number of aromatic amines is 1. The summed E-state index contributed by atoms with van der Waals surface area (Å²) < 4.78 is 40.3. The maximum absolute atomic E-state index is 13.0.